The first-order chi connectivity index (χ1) is 16.1. The Kier molecular flexibility index (Phi) is 6.18. The molecule has 0 atom stereocenters. The van der Waals surface area contributed by atoms with Crippen molar-refractivity contribution in [2.24, 2.45) is 0 Å². The van der Waals surface area contributed by atoms with Gasteiger partial charge in [0.15, 0.2) is 0 Å². The minimum Gasteiger partial charge on any atom is -0.411 e. The standard InChI is InChI=1S/C23H15F5NO4P/c24-22(25,23(26,27)28)19-20(16-10-4-1-5-11-16)29-31-21(19)34(30,32-17-12-6-2-7-13-17)33-18-14-8-3-9-15-18/h1-15H. The van der Waals surface area contributed by atoms with Crippen molar-refractivity contribution >= 4 is 13.1 Å². The Hall–Kier alpha value is -3.65. The fourth-order valence-corrected chi connectivity index (χ4v) is 4.69. The third-order valence-corrected chi connectivity index (χ3v) is 6.28. The van der Waals surface area contributed by atoms with Gasteiger partial charge in [-0.2, -0.15) is 22.0 Å². The van der Waals surface area contributed by atoms with Crippen LogP contribution in [-0.2, 0) is 10.5 Å². The predicted molar refractivity (Wildman–Crippen MR) is 113 cm³/mol. The molecule has 11 heteroatoms. The Balaban J connectivity index is 1.95. The van der Waals surface area contributed by atoms with Crippen LogP contribution < -0.4 is 14.5 Å². The highest BCUT2D eigenvalue weighted by Gasteiger charge is 2.64. The van der Waals surface area contributed by atoms with Crippen LogP contribution in [0, 0.1) is 0 Å². The Labute approximate surface area is 190 Å². The number of para-hydroxylation sites is 2. The molecular weight excluding hydrogens is 480 g/mol. The highest BCUT2D eigenvalue weighted by molar-refractivity contribution is 7.62. The minimum atomic E-state index is -6.05. The zero-order valence-electron chi connectivity index (χ0n) is 17.1. The molecule has 1 aromatic heterocycles. The number of alkyl halides is 5. The molecule has 0 bridgehead atoms. The van der Waals surface area contributed by atoms with Crippen LogP contribution in [0.15, 0.2) is 95.5 Å². The summed E-state index contributed by atoms with van der Waals surface area (Å²) in [6.45, 7) is 0. The third kappa shape index (κ3) is 4.54. The van der Waals surface area contributed by atoms with E-state index in [1.807, 2.05) is 0 Å². The highest BCUT2D eigenvalue weighted by atomic mass is 31.2. The van der Waals surface area contributed by atoms with E-state index in [0.717, 1.165) is 0 Å². The second-order valence-electron chi connectivity index (χ2n) is 6.96. The molecule has 3 aromatic carbocycles. The third-order valence-electron chi connectivity index (χ3n) is 4.58. The van der Waals surface area contributed by atoms with Crippen LogP contribution in [0.3, 0.4) is 0 Å². The first kappa shape index (κ1) is 23.5. The summed E-state index contributed by atoms with van der Waals surface area (Å²) >= 11 is 0. The number of aromatic nitrogens is 1. The molecular formula is C23H15F5NO4P. The summed E-state index contributed by atoms with van der Waals surface area (Å²) in [6.07, 6.45) is -6.05. The quantitative estimate of drug-likeness (QED) is 0.205. The van der Waals surface area contributed by atoms with Crippen molar-refractivity contribution in [3.8, 4) is 22.8 Å². The van der Waals surface area contributed by atoms with Crippen molar-refractivity contribution in [1.82, 2.24) is 5.16 Å². The van der Waals surface area contributed by atoms with Gasteiger partial charge in [-0.05, 0) is 24.3 Å². The van der Waals surface area contributed by atoms with E-state index >= 15 is 0 Å². The summed E-state index contributed by atoms with van der Waals surface area (Å²) in [5.74, 6) is -5.72. The smallest absolute Gasteiger partial charge is 0.411 e. The zero-order valence-corrected chi connectivity index (χ0v) is 18.0. The molecule has 0 saturated carbocycles. The van der Waals surface area contributed by atoms with E-state index in [2.05, 4.69) is 5.16 Å². The SMILES string of the molecule is O=P(Oc1ccccc1)(Oc1ccccc1)c1onc(-c2ccccc2)c1C(F)(F)C(F)(F)F. The van der Waals surface area contributed by atoms with Crippen molar-refractivity contribution < 1.29 is 40.1 Å². The molecule has 0 amide bonds. The molecule has 4 rings (SSSR count). The molecule has 0 unspecified atom stereocenters. The van der Waals surface area contributed by atoms with E-state index in [0.29, 0.717) is 0 Å². The summed E-state index contributed by atoms with van der Waals surface area (Å²) in [7, 11) is -5.03. The number of halogens is 5. The van der Waals surface area contributed by atoms with Crippen LogP contribution in [0.25, 0.3) is 11.3 Å². The molecule has 34 heavy (non-hydrogen) atoms. The summed E-state index contributed by atoms with van der Waals surface area (Å²) in [6, 6.07) is 21.4. The molecule has 0 fully saturated rings. The fraction of sp³-hybridized carbons (Fsp3) is 0.0870. The topological polar surface area (TPSA) is 61.6 Å². The molecule has 0 aliphatic heterocycles. The van der Waals surface area contributed by atoms with Gasteiger partial charge in [0.1, 0.15) is 22.8 Å². The van der Waals surface area contributed by atoms with Crippen molar-refractivity contribution in [3.63, 3.8) is 0 Å². The Morgan fingerprint density at radius 2 is 1.15 bits per heavy atom. The molecule has 0 saturated heterocycles. The molecule has 0 N–H and O–H groups in total. The number of rotatable bonds is 7. The molecule has 0 aliphatic carbocycles. The highest BCUT2D eigenvalue weighted by Crippen LogP contribution is 2.54. The van der Waals surface area contributed by atoms with Gasteiger partial charge in [-0.3, -0.25) is 0 Å². The zero-order chi connectivity index (χ0) is 24.4. The number of nitrogens with zero attached hydrogens (tertiary/aromatic N) is 1. The molecule has 1 heterocycles. The van der Waals surface area contributed by atoms with Crippen molar-refractivity contribution in [2.45, 2.75) is 12.1 Å². The first-order valence-corrected chi connectivity index (χ1v) is 11.3. The number of hydrogen-bond donors (Lipinski definition) is 0. The van der Waals surface area contributed by atoms with E-state index in [1.54, 1.807) is 12.1 Å². The number of benzene rings is 3. The van der Waals surface area contributed by atoms with Crippen LogP contribution in [0.4, 0.5) is 22.0 Å². The van der Waals surface area contributed by atoms with Crippen molar-refractivity contribution in [1.29, 1.82) is 0 Å². The fourth-order valence-electron chi connectivity index (χ4n) is 3.03. The van der Waals surface area contributed by atoms with Crippen LogP contribution >= 0.6 is 7.60 Å². The molecule has 0 radical (unpaired) electrons. The second-order valence-corrected chi connectivity index (χ2v) is 8.72. The maximum atomic E-state index is 14.9. The van der Waals surface area contributed by atoms with Crippen LogP contribution in [0.5, 0.6) is 11.5 Å². The molecule has 4 aromatic rings. The van der Waals surface area contributed by atoms with Gasteiger partial charge in [0, 0.05) is 5.56 Å². The van der Waals surface area contributed by atoms with Gasteiger partial charge in [0.05, 0.1) is 0 Å². The Bertz CT molecular complexity index is 1250. The molecule has 0 aliphatic rings. The lowest BCUT2D eigenvalue weighted by Crippen LogP contribution is -2.38. The maximum Gasteiger partial charge on any atom is 0.501 e. The molecule has 176 valence electrons. The number of hydrogen-bond acceptors (Lipinski definition) is 5. The summed E-state index contributed by atoms with van der Waals surface area (Å²) in [5.41, 5.74) is -4.06. The minimum absolute atomic E-state index is 0.109. The lowest BCUT2D eigenvalue weighted by atomic mass is 10.0. The van der Waals surface area contributed by atoms with E-state index < -0.39 is 36.5 Å². The van der Waals surface area contributed by atoms with Gasteiger partial charge in [-0.15, -0.1) is 0 Å². The maximum absolute atomic E-state index is 14.9. The normalized spacial score (nSPS) is 12.4. The lowest BCUT2D eigenvalue weighted by molar-refractivity contribution is -0.288. The van der Waals surface area contributed by atoms with Gasteiger partial charge in [-0.1, -0.05) is 71.9 Å². The molecule has 0 spiro atoms. The summed E-state index contributed by atoms with van der Waals surface area (Å²) in [5, 5.41) is 3.43. The van der Waals surface area contributed by atoms with Crippen LogP contribution in [0.1, 0.15) is 5.56 Å². The van der Waals surface area contributed by atoms with Gasteiger partial charge in [-0.25, -0.2) is 4.57 Å². The van der Waals surface area contributed by atoms with Crippen LogP contribution in [0.2, 0.25) is 0 Å². The Morgan fingerprint density at radius 3 is 1.59 bits per heavy atom. The monoisotopic (exact) mass is 495 g/mol. The largest absolute Gasteiger partial charge is 0.501 e. The Morgan fingerprint density at radius 1 is 0.706 bits per heavy atom. The summed E-state index contributed by atoms with van der Waals surface area (Å²) in [4.78, 5) is 0. The van der Waals surface area contributed by atoms with E-state index in [9.17, 15) is 26.5 Å². The van der Waals surface area contributed by atoms with E-state index in [-0.39, 0.29) is 17.1 Å². The first-order valence-electron chi connectivity index (χ1n) is 9.72. The van der Waals surface area contributed by atoms with Crippen molar-refractivity contribution in [2.75, 3.05) is 0 Å². The van der Waals surface area contributed by atoms with Gasteiger partial charge >= 0.3 is 19.7 Å². The average molecular weight is 495 g/mol. The predicted octanol–water partition coefficient (Wildman–Crippen LogP) is 6.97. The van der Waals surface area contributed by atoms with Crippen LogP contribution in [-0.4, -0.2) is 11.3 Å². The van der Waals surface area contributed by atoms with Gasteiger partial charge in [0.25, 0.3) is 5.50 Å². The second kappa shape index (κ2) is 8.95. The van der Waals surface area contributed by atoms with E-state index in [1.165, 1.54) is 78.9 Å². The lowest BCUT2D eigenvalue weighted by Gasteiger charge is -2.23. The van der Waals surface area contributed by atoms with E-state index in [4.69, 9.17) is 13.6 Å². The van der Waals surface area contributed by atoms with Gasteiger partial charge in [0.2, 0.25) is 0 Å². The average Bonchev–Trinajstić information content (AvgIpc) is 3.27. The summed E-state index contributed by atoms with van der Waals surface area (Å²) < 4.78 is 99.9. The molecule has 5 nitrogen and oxygen atoms in total. The van der Waals surface area contributed by atoms with Crippen molar-refractivity contribution in [3.05, 3.63) is 96.6 Å². The van der Waals surface area contributed by atoms with Gasteiger partial charge < -0.3 is 13.6 Å².